The van der Waals surface area contributed by atoms with E-state index in [2.05, 4.69) is 29.9 Å². The number of H-pyrrole nitrogens is 2. The predicted octanol–water partition coefficient (Wildman–Crippen LogP) is -2.53. The van der Waals surface area contributed by atoms with Crippen LogP contribution in [-0.4, -0.2) is 86.9 Å². The standard InChI is InChI=1S/C20H22N10O12P2S2/c21-19-25-13-7(15(33)27-19)23-3-29(13)17-9(31)11-5(39-17)1-37-43(35,45)42-12-6(2-38-44(36,46)41-11)40-18(10(12)32)30-4-24-8-14(30)26-20(22)28-16(8)34/h3-5,9-11,17-18,31-32H,1-2H2,(H,35,45)(H,36,46)(H3,21,25,27,33)(H3,22,26,28,34)/p-2/t5-,9?,10?,11?,17-,18-,43?,44?/m1/s1. The third-order valence-electron chi connectivity index (χ3n) is 7.05. The maximum atomic E-state index is 13.3. The Hall–Kier alpha value is -3.41. The Morgan fingerprint density at radius 3 is 2.22 bits per heavy atom. The molecular formula is C20H20N10O12P2S2-2. The van der Waals surface area contributed by atoms with Gasteiger partial charge in [-0.2, -0.15) is 9.97 Å². The summed E-state index contributed by atoms with van der Waals surface area (Å²) in [6.07, 6.45) is -6.88. The van der Waals surface area contributed by atoms with E-state index in [0.29, 0.717) is 0 Å². The molecular weight excluding hydrogens is 698 g/mol. The van der Waals surface area contributed by atoms with E-state index in [1.807, 2.05) is 0 Å². The fourth-order valence-corrected chi connectivity index (χ4v) is 7.69. The highest BCUT2D eigenvalue weighted by Gasteiger charge is 2.49. The zero-order valence-corrected chi connectivity index (χ0v) is 26.0. The first-order chi connectivity index (χ1) is 21.7. The average molecular weight is 719 g/mol. The van der Waals surface area contributed by atoms with Crippen LogP contribution in [0.4, 0.5) is 11.9 Å². The largest absolute Gasteiger partial charge is 0.770 e. The van der Waals surface area contributed by atoms with Crippen molar-refractivity contribution in [2.45, 2.75) is 36.9 Å². The van der Waals surface area contributed by atoms with Gasteiger partial charge in [0.1, 0.15) is 31.2 Å². The molecule has 4 aromatic heterocycles. The SMILES string of the molecule is Nc1nc2c(ncn2[C@@H]2OC3=C(OP([O-])(=S)OC[C@H]4O[C@@H](n5cnc6c(=O)[nH]c(N)nc65)C(O)C4OP(=O)([S-])OC3)C2O)c(=O)[nH]1. The number of aliphatic hydroxyl groups is 2. The predicted molar refractivity (Wildman–Crippen MR) is 155 cm³/mol. The summed E-state index contributed by atoms with van der Waals surface area (Å²) in [5.41, 5.74) is 9.58. The minimum absolute atomic E-state index is 0.0619. The molecule has 7 rings (SSSR count). The number of hydrogen-bond donors (Lipinski definition) is 6. The maximum Gasteiger partial charge on any atom is 0.280 e. The van der Waals surface area contributed by atoms with E-state index in [4.69, 9.17) is 63.1 Å². The van der Waals surface area contributed by atoms with Crippen molar-refractivity contribution in [3.63, 3.8) is 0 Å². The summed E-state index contributed by atoms with van der Waals surface area (Å²) in [6, 6.07) is 0. The molecule has 22 nitrogen and oxygen atoms in total. The van der Waals surface area contributed by atoms with Crippen molar-refractivity contribution in [1.82, 2.24) is 39.0 Å². The molecule has 7 heterocycles. The Labute approximate surface area is 264 Å². The number of fused-ring (bicyclic) bond motifs is 3. The lowest BCUT2D eigenvalue weighted by Crippen LogP contribution is -2.36. The molecule has 3 aliphatic heterocycles. The molecule has 0 spiro atoms. The lowest BCUT2D eigenvalue weighted by Gasteiger charge is -2.34. The van der Waals surface area contributed by atoms with E-state index in [9.17, 15) is 29.3 Å². The first kappa shape index (κ1) is 31.2. The number of nitrogens with two attached hydrogens (primary N) is 2. The molecule has 1 fully saturated rings. The van der Waals surface area contributed by atoms with E-state index >= 15 is 0 Å². The molecule has 246 valence electrons. The Morgan fingerprint density at radius 1 is 1.02 bits per heavy atom. The smallest absolute Gasteiger partial charge is 0.280 e. The molecule has 0 saturated carbocycles. The number of hydrogen-bond acceptors (Lipinski definition) is 20. The number of nitrogen functional groups attached to an aromatic ring is 2. The van der Waals surface area contributed by atoms with Crippen LogP contribution in [0.15, 0.2) is 33.8 Å². The van der Waals surface area contributed by atoms with Crippen molar-refractivity contribution in [2.75, 3.05) is 24.7 Å². The van der Waals surface area contributed by atoms with Crippen molar-refractivity contribution < 1.29 is 47.2 Å². The molecule has 5 unspecified atom stereocenters. The Balaban J connectivity index is 1.18. The molecule has 0 amide bonds. The molecule has 4 aromatic rings. The molecule has 0 aromatic carbocycles. The van der Waals surface area contributed by atoms with Gasteiger partial charge < -0.3 is 66.4 Å². The number of nitrogens with one attached hydrogen (secondary N) is 2. The number of aliphatic hydroxyl groups excluding tert-OH is 2. The number of rotatable bonds is 2. The first-order valence-electron chi connectivity index (χ1n) is 12.9. The van der Waals surface area contributed by atoms with E-state index in [0.717, 1.165) is 17.2 Å². The lowest BCUT2D eigenvalue weighted by molar-refractivity contribution is -0.207. The Kier molecular flexibility index (Phi) is 7.53. The number of aromatic amines is 2. The van der Waals surface area contributed by atoms with Crippen molar-refractivity contribution in [1.29, 1.82) is 0 Å². The van der Waals surface area contributed by atoms with Gasteiger partial charge in [-0.05, 0) is 11.8 Å². The lowest BCUT2D eigenvalue weighted by atomic mass is 10.1. The number of imidazole rings is 2. The average Bonchev–Trinajstić information content (AvgIpc) is 3.72. The van der Waals surface area contributed by atoms with Crippen LogP contribution in [-0.2, 0) is 56.2 Å². The Bertz CT molecular complexity index is 2040. The summed E-state index contributed by atoms with van der Waals surface area (Å²) in [6.45, 7) is -10.5. The third kappa shape index (κ3) is 5.40. The van der Waals surface area contributed by atoms with Gasteiger partial charge in [-0.25, -0.2) is 9.97 Å². The summed E-state index contributed by atoms with van der Waals surface area (Å²) in [5, 5.41) is 22.4. The van der Waals surface area contributed by atoms with Crippen LogP contribution in [0.25, 0.3) is 22.3 Å². The molecule has 0 bridgehead atoms. The minimum Gasteiger partial charge on any atom is -0.770 e. The number of aromatic nitrogens is 8. The van der Waals surface area contributed by atoms with Gasteiger partial charge in [0.25, 0.3) is 11.1 Å². The number of ether oxygens (including phenoxy) is 2. The number of anilines is 2. The van der Waals surface area contributed by atoms with Crippen LogP contribution in [0.2, 0.25) is 0 Å². The molecule has 0 radical (unpaired) electrons. The molecule has 8 atom stereocenters. The third-order valence-corrected chi connectivity index (χ3v) is 9.99. The first-order valence-corrected chi connectivity index (χ1v) is 18.0. The van der Waals surface area contributed by atoms with Crippen molar-refractivity contribution in [2.24, 2.45) is 0 Å². The molecule has 1 saturated heterocycles. The van der Waals surface area contributed by atoms with Crippen LogP contribution in [0.1, 0.15) is 12.5 Å². The Morgan fingerprint density at radius 2 is 1.61 bits per heavy atom. The highest BCUT2D eigenvalue weighted by molar-refractivity contribution is 8.32. The van der Waals surface area contributed by atoms with Gasteiger partial charge >= 0.3 is 0 Å². The fourth-order valence-electron chi connectivity index (χ4n) is 5.08. The molecule has 0 aliphatic carbocycles. The summed E-state index contributed by atoms with van der Waals surface area (Å²) in [7, 11) is 0. The van der Waals surface area contributed by atoms with Crippen molar-refractivity contribution in [3.05, 3.63) is 44.9 Å². The van der Waals surface area contributed by atoms with Gasteiger partial charge in [-0.3, -0.25) is 33.3 Å². The van der Waals surface area contributed by atoms with Crippen molar-refractivity contribution >= 4 is 71.8 Å². The molecule has 3 aliphatic rings. The minimum atomic E-state index is -4.54. The second kappa shape index (κ2) is 11.1. The van der Waals surface area contributed by atoms with Gasteiger partial charge in [-0.1, -0.05) is 0 Å². The van der Waals surface area contributed by atoms with Gasteiger partial charge in [0.05, 0.1) is 12.9 Å². The van der Waals surface area contributed by atoms with Crippen LogP contribution < -0.4 is 27.5 Å². The van der Waals surface area contributed by atoms with Crippen molar-refractivity contribution in [3.8, 4) is 0 Å². The van der Waals surface area contributed by atoms with Gasteiger partial charge in [-0.15, -0.1) is 0 Å². The highest BCUT2D eigenvalue weighted by atomic mass is 32.7. The van der Waals surface area contributed by atoms with Gasteiger partial charge in [0.15, 0.2) is 52.9 Å². The number of nitrogens with zero attached hydrogens (tertiary/aromatic N) is 6. The van der Waals surface area contributed by atoms with E-state index < -0.39 is 80.5 Å². The molecule has 26 heteroatoms. The van der Waals surface area contributed by atoms with Crippen LogP contribution in [0.5, 0.6) is 0 Å². The summed E-state index contributed by atoms with van der Waals surface area (Å²) in [4.78, 5) is 58.4. The van der Waals surface area contributed by atoms with Gasteiger partial charge in [0.2, 0.25) is 24.9 Å². The monoisotopic (exact) mass is 718 g/mol. The van der Waals surface area contributed by atoms with Gasteiger partial charge in [0, 0.05) is 0 Å². The van der Waals surface area contributed by atoms with E-state index in [1.54, 1.807) is 0 Å². The maximum absolute atomic E-state index is 13.3. The second-order valence-electron chi connectivity index (χ2n) is 9.97. The zero-order valence-electron chi connectivity index (χ0n) is 22.6. The van der Waals surface area contributed by atoms with Crippen LogP contribution in [0.3, 0.4) is 0 Å². The topological polar surface area (TPSA) is 315 Å². The van der Waals surface area contributed by atoms with Crippen LogP contribution in [0, 0.1) is 0 Å². The molecule has 46 heavy (non-hydrogen) atoms. The summed E-state index contributed by atoms with van der Waals surface area (Å²) >= 11 is 10.1. The normalized spacial score (nSPS) is 33.7. The van der Waals surface area contributed by atoms with E-state index in [-0.39, 0.29) is 40.0 Å². The summed E-state index contributed by atoms with van der Waals surface area (Å²) < 4.78 is 49.0. The highest BCUT2D eigenvalue weighted by Crippen LogP contribution is 2.54. The fraction of sp³-hybridized carbons (Fsp3) is 0.400. The quantitative estimate of drug-likeness (QED) is 0.0919. The summed E-state index contributed by atoms with van der Waals surface area (Å²) in [5.74, 6) is -1.39. The second-order valence-corrected chi connectivity index (χ2v) is 15.4. The van der Waals surface area contributed by atoms with Crippen LogP contribution >= 0.6 is 13.5 Å². The zero-order chi connectivity index (χ0) is 32.7. The van der Waals surface area contributed by atoms with E-state index in [1.165, 1.54) is 4.57 Å². The molecule has 8 N–H and O–H groups in total.